The standard InChI is InChI=1S/C15H12F2N2O/c16-9-5-6-13(17)11(7-9)15(19-18)12-8-20-14-4-2-1-3-10(12)14/h1-8,15,19H,18H2. The first-order valence-corrected chi connectivity index (χ1v) is 6.08. The highest BCUT2D eigenvalue weighted by molar-refractivity contribution is 5.81. The molecule has 1 atom stereocenters. The van der Waals surface area contributed by atoms with Crippen molar-refractivity contribution in [3.05, 3.63) is 71.5 Å². The Balaban J connectivity index is 2.16. The highest BCUT2D eigenvalue weighted by atomic mass is 19.1. The minimum absolute atomic E-state index is 0.138. The number of halogens is 2. The second kappa shape index (κ2) is 5.03. The lowest BCUT2D eigenvalue weighted by Crippen LogP contribution is -2.29. The number of rotatable bonds is 3. The molecule has 0 radical (unpaired) electrons. The van der Waals surface area contributed by atoms with E-state index in [-0.39, 0.29) is 5.56 Å². The molecule has 3 rings (SSSR count). The molecule has 20 heavy (non-hydrogen) atoms. The minimum atomic E-state index is -0.686. The Bertz CT molecular complexity index is 754. The molecule has 1 unspecified atom stereocenters. The Hall–Kier alpha value is -2.24. The third-order valence-electron chi connectivity index (χ3n) is 3.26. The van der Waals surface area contributed by atoms with Crippen LogP contribution in [0.25, 0.3) is 11.0 Å². The zero-order valence-corrected chi connectivity index (χ0v) is 10.4. The lowest BCUT2D eigenvalue weighted by atomic mass is 9.98. The number of para-hydroxylation sites is 1. The van der Waals surface area contributed by atoms with Gasteiger partial charge in [-0.3, -0.25) is 5.84 Å². The summed E-state index contributed by atoms with van der Waals surface area (Å²) < 4.78 is 32.7. The summed E-state index contributed by atoms with van der Waals surface area (Å²) in [5, 5.41) is 0.805. The van der Waals surface area contributed by atoms with Crippen LogP contribution in [0.4, 0.5) is 8.78 Å². The molecule has 2 aromatic carbocycles. The average molecular weight is 274 g/mol. The van der Waals surface area contributed by atoms with Gasteiger partial charge in [0.15, 0.2) is 0 Å². The normalized spacial score (nSPS) is 12.8. The van der Waals surface area contributed by atoms with E-state index in [1.54, 1.807) is 6.07 Å². The third-order valence-corrected chi connectivity index (χ3v) is 3.26. The van der Waals surface area contributed by atoms with Crippen molar-refractivity contribution in [3.63, 3.8) is 0 Å². The number of hydrazine groups is 1. The lowest BCUT2D eigenvalue weighted by Gasteiger charge is -2.16. The van der Waals surface area contributed by atoms with Gasteiger partial charge in [-0.25, -0.2) is 14.2 Å². The molecule has 0 saturated carbocycles. The number of hydrogen-bond donors (Lipinski definition) is 2. The van der Waals surface area contributed by atoms with Gasteiger partial charge in [0, 0.05) is 16.5 Å². The first-order valence-electron chi connectivity index (χ1n) is 6.08. The Morgan fingerprint density at radius 3 is 2.65 bits per heavy atom. The molecule has 1 heterocycles. The van der Waals surface area contributed by atoms with Gasteiger partial charge < -0.3 is 4.42 Å². The maximum absolute atomic E-state index is 13.9. The fraction of sp³-hybridized carbons (Fsp3) is 0.0667. The second-order valence-corrected chi connectivity index (χ2v) is 4.45. The van der Waals surface area contributed by atoms with Gasteiger partial charge in [-0.2, -0.15) is 0 Å². The van der Waals surface area contributed by atoms with E-state index < -0.39 is 17.7 Å². The smallest absolute Gasteiger partial charge is 0.134 e. The monoisotopic (exact) mass is 274 g/mol. The maximum Gasteiger partial charge on any atom is 0.134 e. The zero-order valence-electron chi connectivity index (χ0n) is 10.4. The molecule has 0 aliphatic rings. The van der Waals surface area contributed by atoms with Gasteiger partial charge in [-0.05, 0) is 24.3 Å². The van der Waals surface area contributed by atoms with Crippen LogP contribution in [0.3, 0.4) is 0 Å². The lowest BCUT2D eigenvalue weighted by molar-refractivity contribution is 0.539. The molecule has 0 aliphatic heterocycles. The second-order valence-electron chi connectivity index (χ2n) is 4.45. The van der Waals surface area contributed by atoms with Crippen molar-refractivity contribution in [2.24, 2.45) is 5.84 Å². The van der Waals surface area contributed by atoms with Crippen molar-refractivity contribution in [3.8, 4) is 0 Å². The van der Waals surface area contributed by atoms with Crippen LogP contribution in [0.2, 0.25) is 0 Å². The van der Waals surface area contributed by atoms with Crippen LogP contribution in [0.1, 0.15) is 17.2 Å². The number of nitrogens with one attached hydrogen (secondary N) is 1. The molecule has 3 aromatic rings. The molecule has 0 aliphatic carbocycles. The quantitative estimate of drug-likeness (QED) is 0.569. The molecule has 0 saturated heterocycles. The summed E-state index contributed by atoms with van der Waals surface area (Å²) in [6, 6.07) is 9.91. The van der Waals surface area contributed by atoms with Gasteiger partial charge in [0.05, 0.1) is 12.3 Å². The molecule has 3 N–H and O–H groups in total. The summed E-state index contributed by atoms with van der Waals surface area (Å²) >= 11 is 0. The largest absolute Gasteiger partial charge is 0.464 e. The first kappa shape index (κ1) is 12.8. The van der Waals surface area contributed by atoms with Crippen LogP contribution in [0, 0.1) is 11.6 Å². The highest BCUT2D eigenvalue weighted by Crippen LogP contribution is 2.31. The number of benzene rings is 2. The van der Waals surface area contributed by atoms with E-state index in [1.165, 1.54) is 6.26 Å². The summed E-state index contributed by atoms with van der Waals surface area (Å²) in [5.74, 6) is 4.48. The SMILES string of the molecule is NNC(c1cc(F)ccc1F)c1coc2ccccc12. The molecule has 3 nitrogen and oxygen atoms in total. The van der Waals surface area contributed by atoms with Gasteiger partial charge in [0.25, 0.3) is 0 Å². The number of hydrogen-bond acceptors (Lipinski definition) is 3. The van der Waals surface area contributed by atoms with Crippen LogP contribution in [0.5, 0.6) is 0 Å². The van der Waals surface area contributed by atoms with Gasteiger partial charge in [0.2, 0.25) is 0 Å². The minimum Gasteiger partial charge on any atom is -0.464 e. The Labute approximate surface area is 114 Å². The van der Waals surface area contributed by atoms with Gasteiger partial charge in [0.1, 0.15) is 17.2 Å². The first-order chi connectivity index (χ1) is 9.70. The predicted octanol–water partition coefficient (Wildman–Crippen LogP) is 3.26. The van der Waals surface area contributed by atoms with E-state index in [0.29, 0.717) is 11.1 Å². The topological polar surface area (TPSA) is 51.2 Å². The Kier molecular flexibility index (Phi) is 3.22. The van der Waals surface area contributed by atoms with Crippen LogP contribution in [-0.4, -0.2) is 0 Å². The summed E-state index contributed by atoms with van der Waals surface area (Å²) in [5.41, 5.74) is 3.98. The van der Waals surface area contributed by atoms with Gasteiger partial charge in [-0.1, -0.05) is 18.2 Å². The summed E-state index contributed by atoms with van der Waals surface area (Å²) in [6.07, 6.45) is 1.50. The van der Waals surface area contributed by atoms with Crippen LogP contribution in [-0.2, 0) is 0 Å². The van der Waals surface area contributed by atoms with E-state index in [9.17, 15) is 8.78 Å². The third kappa shape index (κ3) is 2.07. The van der Waals surface area contributed by atoms with E-state index in [1.807, 2.05) is 18.2 Å². The molecule has 0 bridgehead atoms. The molecule has 5 heteroatoms. The summed E-state index contributed by atoms with van der Waals surface area (Å²) in [7, 11) is 0. The van der Waals surface area contributed by atoms with Crippen LogP contribution in [0.15, 0.2) is 53.1 Å². The van der Waals surface area contributed by atoms with E-state index in [0.717, 1.165) is 23.6 Å². The van der Waals surface area contributed by atoms with Crippen molar-refractivity contribution < 1.29 is 13.2 Å². The van der Waals surface area contributed by atoms with E-state index in [4.69, 9.17) is 10.3 Å². The van der Waals surface area contributed by atoms with Gasteiger partial charge in [-0.15, -0.1) is 0 Å². The van der Waals surface area contributed by atoms with Crippen molar-refractivity contribution in [2.75, 3.05) is 0 Å². The number of furan rings is 1. The van der Waals surface area contributed by atoms with Crippen molar-refractivity contribution in [1.29, 1.82) is 0 Å². The molecule has 1 aromatic heterocycles. The molecular weight excluding hydrogens is 262 g/mol. The summed E-state index contributed by atoms with van der Waals surface area (Å²) in [4.78, 5) is 0. The maximum atomic E-state index is 13.9. The summed E-state index contributed by atoms with van der Waals surface area (Å²) in [6.45, 7) is 0. The van der Waals surface area contributed by atoms with Crippen molar-refractivity contribution >= 4 is 11.0 Å². The zero-order chi connectivity index (χ0) is 14.1. The van der Waals surface area contributed by atoms with Crippen LogP contribution < -0.4 is 11.3 Å². The van der Waals surface area contributed by atoms with Gasteiger partial charge >= 0.3 is 0 Å². The van der Waals surface area contributed by atoms with Crippen LogP contribution >= 0.6 is 0 Å². The molecule has 0 spiro atoms. The Morgan fingerprint density at radius 2 is 1.85 bits per heavy atom. The molecule has 0 fully saturated rings. The fourth-order valence-electron chi connectivity index (χ4n) is 2.30. The predicted molar refractivity (Wildman–Crippen MR) is 71.7 cm³/mol. The number of nitrogens with two attached hydrogens (primary N) is 1. The molecular formula is C15H12F2N2O. The van der Waals surface area contributed by atoms with E-state index in [2.05, 4.69) is 5.43 Å². The van der Waals surface area contributed by atoms with Crippen molar-refractivity contribution in [2.45, 2.75) is 6.04 Å². The van der Waals surface area contributed by atoms with E-state index >= 15 is 0 Å². The molecule has 102 valence electrons. The number of fused-ring (bicyclic) bond motifs is 1. The highest BCUT2D eigenvalue weighted by Gasteiger charge is 2.21. The fourth-order valence-corrected chi connectivity index (χ4v) is 2.30. The molecule has 0 amide bonds. The Morgan fingerprint density at radius 1 is 1.05 bits per heavy atom. The average Bonchev–Trinajstić information content (AvgIpc) is 2.88. The van der Waals surface area contributed by atoms with Crippen molar-refractivity contribution in [1.82, 2.24) is 5.43 Å².